The Labute approximate surface area is 171 Å². The molecule has 7 nitrogen and oxygen atoms in total. The largest absolute Gasteiger partial charge is 0.341 e. The standard InChI is InChI=1S/C19H18ClN5O2S/c1-11(17(26)25-18(27)21-2)28-19-23-14-9-5-3-7-12(14)16(24-19)22-15-10-6-4-8-13(15)20/h3-11H,1-2H3,(H,22,23,24)(H2,21,25,26,27). The summed E-state index contributed by atoms with van der Waals surface area (Å²) in [4.78, 5) is 32.5. The molecule has 0 saturated carbocycles. The zero-order chi connectivity index (χ0) is 20.1. The Balaban J connectivity index is 1.91. The number of rotatable bonds is 5. The van der Waals surface area contributed by atoms with Crippen LogP contribution in [0.1, 0.15) is 6.92 Å². The van der Waals surface area contributed by atoms with Crippen LogP contribution < -0.4 is 16.0 Å². The minimum Gasteiger partial charge on any atom is -0.341 e. The number of para-hydroxylation sites is 2. The van der Waals surface area contributed by atoms with E-state index in [0.717, 1.165) is 28.4 Å². The third kappa shape index (κ3) is 4.71. The number of anilines is 2. The Kier molecular flexibility index (Phi) is 6.33. The molecule has 3 rings (SSSR count). The van der Waals surface area contributed by atoms with Crippen LogP contribution in [0.4, 0.5) is 16.3 Å². The van der Waals surface area contributed by atoms with Gasteiger partial charge in [0.1, 0.15) is 5.82 Å². The van der Waals surface area contributed by atoms with E-state index in [-0.39, 0.29) is 0 Å². The predicted molar refractivity (Wildman–Crippen MR) is 112 cm³/mol. The highest BCUT2D eigenvalue weighted by Crippen LogP contribution is 2.30. The molecule has 0 aliphatic carbocycles. The van der Waals surface area contributed by atoms with Gasteiger partial charge in [-0.1, -0.05) is 47.6 Å². The van der Waals surface area contributed by atoms with Gasteiger partial charge in [-0.15, -0.1) is 0 Å². The second-order valence-corrected chi connectivity index (χ2v) is 7.52. The zero-order valence-corrected chi connectivity index (χ0v) is 16.8. The smallest absolute Gasteiger partial charge is 0.321 e. The molecular formula is C19H18ClN5O2S. The van der Waals surface area contributed by atoms with E-state index in [9.17, 15) is 9.59 Å². The van der Waals surface area contributed by atoms with E-state index in [0.29, 0.717) is 16.0 Å². The van der Waals surface area contributed by atoms with Crippen LogP contribution >= 0.6 is 23.4 Å². The van der Waals surface area contributed by atoms with Gasteiger partial charge in [-0.05, 0) is 31.2 Å². The van der Waals surface area contributed by atoms with Gasteiger partial charge >= 0.3 is 6.03 Å². The lowest BCUT2D eigenvalue weighted by Gasteiger charge is -2.13. The molecule has 1 aromatic heterocycles. The summed E-state index contributed by atoms with van der Waals surface area (Å²) in [6.07, 6.45) is 0. The number of halogens is 1. The molecule has 0 saturated heterocycles. The highest BCUT2D eigenvalue weighted by Gasteiger charge is 2.19. The Morgan fingerprint density at radius 2 is 1.79 bits per heavy atom. The maximum atomic E-state index is 12.1. The highest BCUT2D eigenvalue weighted by molar-refractivity contribution is 8.00. The fraction of sp³-hybridized carbons (Fsp3) is 0.158. The summed E-state index contributed by atoms with van der Waals surface area (Å²) in [6, 6.07) is 14.4. The van der Waals surface area contributed by atoms with Gasteiger partial charge in [0.05, 0.1) is 21.5 Å². The number of hydrogen-bond donors (Lipinski definition) is 3. The first-order valence-corrected chi connectivity index (χ1v) is 9.71. The highest BCUT2D eigenvalue weighted by atomic mass is 35.5. The van der Waals surface area contributed by atoms with Gasteiger partial charge in [0.2, 0.25) is 5.91 Å². The number of fused-ring (bicyclic) bond motifs is 1. The predicted octanol–water partition coefficient (Wildman–Crippen LogP) is 3.96. The summed E-state index contributed by atoms with van der Waals surface area (Å²) in [5, 5.41) is 9.08. The molecular weight excluding hydrogens is 398 g/mol. The molecule has 0 aliphatic heterocycles. The fourth-order valence-corrected chi connectivity index (χ4v) is 3.34. The number of amides is 3. The summed E-state index contributed by atoms with van der Waals surface area (Å²) in [6.45, 7) is 1.68. The Hall–Kier alpha value is -2.84. The molecule has 1 heterocycles. The van der Waals surface area contributed by atoms with Gasteiger partial charge in [-0.25, -0.2) is 14.8 Å². The Morgan fingerprint density at radius 3 is 2.54 bits per heavy atom. The van der Waals surface area contributed by atoms with Crippen LogP contribution in [0.15, 0.2) is 53.7 Å². The lowest BCUT2D eigenvalue weighted by Crippen LogP contribution is -2.41. The maximum Gasteiger partial charge on any atom is 0.321 e. The second-order valence-electron chi connectivity index (χ2n) is 5.81. The van der Waals surface area contributed by atoms with Crippen LogP contribution in [0, 0.1) is 0 Å². The van der Waals surface area contributed by atoms with E-state index in [1.807, 2.05) is 42.5 Å². The van der Waals surface area contributed by atoms with E-state index >= 15 is 0 Å². The number of aromatic nitrogens is 2. The second kappa shape index (κ2) is 8.90. The Bertz CT molecular complexity index is 1030. The molecule has 3 N–H and O–H groups in total. The molecule has 3 aromatic rings. The van der Waals surface area contributed by atoms with Gasteiger partial charge in [-0.3, -0.25) is 10.1 Å². The van der Waals surface area contributed by atoms with Crippen molar-refractivity contribution in [1.82, 2.24) is 20.6 Å². The van der Waals surface area contributed by atoms with Gasteiger partial charge in [0, 0.05) is 12.4 Å². The van der Waals surface area contributed by atoms with Crippen molar-refractivity contribution in [3.8, 4) is 0 Å². The third-order valence-corrected chi connectivity index (χ3v) is 5.12. The van der Waals surface area contributed by atoms with Crippen molar-refractivity contribution in [2.45, 2.75) is 17.3 Å². The van der Waals surface area contributed by atoms with Crippen molar-refractivity contribution in [3.63, 3.8) is 0 Å². The van der Waals surface area contributed by atoms with Crippen molar-refractivity contribution in [2.75, 3.05) is 12.4 Å². The topological polar surface area (TPSA) is 96.0 Å². The van der Waals surface area contributed by atoms with Gasteiger partial charge < -0.3 is 10.6 Å². The molecule has 1 atom stereocenters. The quantitative estimate of drug-likeness (QED) is 0.431. The molecule has 0 fully saturated rings. The first-order valence-electron chi connectivity index (χ1n) is 8.45. The summed E-state index contributed by atoms with van der Waals surface area (Å²) in [5.74, 6) is 0.154. The normalized spacial score (nSPS) is 11.7. The lowest BCUT2D eigenvalue weighted by molar-refractivity contribution is -0.119. The van der Waals surface area contributed by atoms with Crippen LogP contribution in [-0.4, -0.2) is 34.2 Å². The number of carbonyl (C=O) groups is 2. The molecule has 9 heteroatoms. The van der Waals surface area contributed by atoms with Crippen LogP contribution in [0.25, 0.3) is 10.9 Å². The molecule has 2 aromatic carbocycles. The summed E-state index contributed by atoms with van der Waals surface area (Å²) >= 11 is 7.41. The van der Waals surface area contributed by atoms with Gasteiger partial charge in [0.15, 0.2) is 5.16 Å². The van der Waals surface area contributed by atoms with Gasteiger partial charge in [0.25, 0.3) is 0 Å². The summed E-state index contributed by atoms with van der Waals surface area (Å²) in [5.41, 5.74) is 1.45. The molecule has 28 heavy (non-hydrogen) atoms. The molecule has 0 spiro atoms. The molecule has 0 aliphatic rings. The number of carbonyl (C=O) groups excluding carboxylic acids is 2. The van der Waals surface area contributed by atoms with Crippen molar-refractivity contribution >= 4 is 57.7 Å². The number of hydrogen-bond acceptors (Lipinski definition) is 6. The molecule has 0 radical (unpaired) electrons. The number of imide groups is 1. The average Bonchev–Trinajstić information content (AvgIpc) is 2.69. The third-order valence-electron chi connectivity index (χ3n) is 3.82. The van der Waals surface area contributed by atoms with Crippen LogP contribution in [-0.2, 0) is 4.79 Å². The zero-order valence-electron chi connectivity index (χ0n) is 15.2. The van der Waals surface area contributed by atoms with E-state index in [2.05, 4.69) is 25.9 Å². The first kappa shape index (κ1) is 19.9. The number of urea groups is 1. The van der Waals surface area contributed by atoms with Crippen LogP contribution in [0.2, 0.25) is 5.02 Å². The van der Waals surface area contributed by atoms with Crippen molar-refractivity contribution < 1.29 is 9.59 Å². The number of nitrogens with zero attached hydrogens (tertiary/aromatic N) is 2. The molecule has 0 bridgehead atoms. The van der Waals surface area contributed by atoms with Crippen molar-refractivity contribution in [2.24, 2.45) is 0 Å². The number of benzene rings is 2. The fourth-order valence-electron chi connectivity index (χ4n) is 2.38. The van der Waals surface area contributed by atoms with Gasteiger partial charge in [-0.2, -0.15) is 0 Å². The van der Waals surface area contributed by atoms with E-state index in [1.54, 1.807) is 13.0 Å². The van der Waals surface area contributed by atoms with E-state index in [4.69, 9.17) is 11.6 Å². The molecule has 144 valence electrons. The minimum absolute atomic E-state index is 0.410. The molecule has 1 unspecified atom stereocenters. The summed E-state index contributed by atoms with van der Waals surface area (Å²) in [7, 11) is 1.44. The number of nitrogens with one attached hydrogen (secondary N) is 3. The lowest BCUT2D eigenvalue weighted by atomic mass is 10.2. The van der Waals surface area contributed by atoms with Crippen molar-refractivity contribution in [3.05, 3.63) is 53.6 Å². The first-order chi connectivity index (χ1) is 13.5. The summed E-state index contributed by atoms with van der Waals surface area (Å²) < 4.78 is 0. The monoisotopic (exact) mass is 415 g/mol. The van der Waals surface area contributed by atoms with E-state index in [1.165, 1.54) is 7.05 Å². The maximum absolute atomic E-state index is 12.1. The number of thioether (sulfide) groups is 1. The van der Waals surface area contributed by atoms with Crippen LogP contribution in [0.3, 0.4) is 0 Å². The average molecular weight is 416 g/mol. The molecule has 3 amide bonds. The van der Waals surface area contributed by atoms with E-state index < -0.39 is 17.2 Å². The minimum atomic E-state index is -0.563. The SMILES string of the molecule is CNC(=O)NC(=O)C(C)Sc1nc(Nc2ccccc2Cl)c2ccccc2n1. The van der Waals surface area contributed by atoms with Crippen molar-refractivity contribution in [1.29, 1.82) is 0 Å². The Morgan fingerprint density at radius 1 is 1.07 bits per heavy atom. The van der Waals surface area contributed by atoms with Crippen LogP contribution in [0.5, 0.6) is 0 Å².